The van der Waals surface area contributed by atoms with E-state index in [-0.39, 0.29) is 17.8 Å². The van der Waals surface area contributed by atoms with Crippen molar-refractivity contribution in [2.45, 2.75) is 19.5 Å². The Labute approximate surface area is 222 Å². The number of nitrogens with zero attached hydrogens (tertiary/aromatic N) is 3. The van der Waals surface area contributed by atoms with Crippen LogP contribution in [-0.2, 0) is 6.54 Å². The van der Waals surface area contributed by atoms with E-state index in [9.17, 15) is 9.18 Å². The Kier molecular flexibility index (Phi) is 7.14. The number of fused-ring (bicyclic) bond motifs is 1. The van der Waals surface area contributed by atoms with Gasteiger partial charge in [-0.2, -0.15) is 0 Å². The Morgan fingerprint density at radius 2 is 1.89 bits per heavy atom. The first-order valence-electron chi connectivity index (χ1n) is 11.9. The molecule has 0 fully saturated rings. The number of ether oxygens (including phenoxy) is 1. The molecule has 0 radical (unpaired) electrons. The van der Waals surface area contributed by atoms with Crippen LogP contribution in [0.4, 0.5) is 16.0 Å². The molecule has 0 spiro atoms. The zero-order chi connectivity index (χ0) is 26.6. The molecular formula is C28H25FN6O2S. The summed E-state index contributed by atoms with van der Waals surface area (Å²) in [4.78, 5) is 28.1. The second-order valence-electron chi connectivity index (χ2n) is 8.59. The molecule has 0 saturated carbocycles. The number of carbonyl (C=O) groups is 1. The maximum Gasteiger partial charge on any atom is 0.259 e. The van der Waals surface area contributed by atoms with Crippen LogP contribution in [0, 0.1) is 5.82 Å². The second kappa shape index (κ2) is 10.8. The van der Waals surface area contributed by atoms with Crippen molar-refractivity contribution in [3.63, 3.8) is 0 Å². The molecule has 192 valence electrons. The summed E-state index contributed by atoms with van der Waals surface area (Å²) >= 11 is 1.62. The number of methoxy groups -OCH3 is 1. The average Bonchev–Trinajstić information content (AvgIpc) is 3.41. The maximum absolute atomic E-state index is 13.3. The van der Waals surface area contributed by atoms with Crippen LogP contribution in [0.3, 0.4) is 0 Å². The predicted molar refractivity (Wildman–Crippen MR) is 148 cm³/mol. The molecule has 0 aliphatic rings. The number of halogens is 1. The molecule has 0 aliphatic heterocycles. The molecule has 8 nitrogen and oxygen atoms in total. The zero-order valence-corrected chi connectivity index (χ0v) is 21.6. The van der Waals surface area contributed by atoms with E-state index >= 15 is 0 Å². The SMILES string of the molecule is COc1ccnc(NCc2ccc(-c3ccc4ncnc(N)c4c3)s2)c1C(=O)N[C@@H](C)c1ccc(F)cc1. The summed E-state index contributed by atoms with van der Waals surface area (Å²) in [5, 5.41) is 7.04. The maximum atomic E-state index is 13.3. The van der Waals surface area contributed by atoms with Gasteiger partial charge in [-0.3, -0.25) is 4.79 Å². The van der Waals surface area contributed by atoms with Crippen LogP contribution in [0.15, 0.2) is 73.2 Å². The Hall–Kier alpha value is -4.57. The number of carbonyl (C=O) groups excluding carboxylic acids is 1. The molecule has 2 aromatic carbocycles. The largest absolute Gasteiger partial charge is 0.496 e. The molecule has 3 heterocycles. The van der Waals surface area contributed by atoms with E-state index in [0.29, 0.717) is 29.5 Å². The van der Waals surface area contributed by atoms with Crippen LogP contribution in [-0.4, -0.2) is 28.0 Å². The van der Waals surface area contributed by atoms with E-state index in [0.717, 1.165) is 31.8 Å². The number of hydrogen-bond donors (Lipinski definition) is 3. The standard InChI is InChI=1S/C28H25FN6O2S/c1-16(17-3-6-19(29)7-4-17)35-28(36)25-23(37-2)11-12-31-27(25)32-14-20-8-10-24(38-20)18-5-9-22-21(13-18)26(30)34-15-33-22/h3-13,15-16H,14H2,1-2H3,(H,31,32)(H,35,36)(H2,30,33,34)/t16-/m0/s1. The Bertz CT molecular complexity index is 1610. The normalized spacial score (nSPS) is 11.8. The van der Waals surface area contributed by atoms with Crippen molar-refractivity contribution in [3.8, 4) is 16.2 Å². The van der Waals surface area contributed by atoms with Gasteiger partial charge >= 0.3 is 0 Å². The first kappa shape index (κ1) is 25.1. The average molecular weight is 529 g/mol. The van der Waals surface area contributed by atoms with Gasteiger partial charge in [0.15, 0.2) is 0 Å². The second-order valence-corrected chi connectivity index (χ2v) is 9.76. The minimum atomic E-state index is -0.350. The molecule has 5 aromatic rings. The third-order valence-electron chi connectivity index (χ3n) is 6.12. The summed E-state index contributed by atoms with van der Waals surface area (Å²) in [6.45, 7) is 2.29. The zero-order valence-electron chi connectivity index (χ0n) is 20.7. The minimum absolute atomic E-state index is 0.297. The van der Waals surface area contributed by atoms with Crippen molar-refractivity contribution in [2.75, 3.05) is 18.2 Å². The van der Waals surface area contributed by atoms with Crippen LogP contribution >= 0.6 is 11.3 Å². The molecule has 0 unspecified atom stereocenters. The van der Waals surface area contributed by atoms with Crippen molar-refractivity contribution >= 4 is 39.8 Å². The molecule has 4 N–H and O–H groups in total. The molecule has 3 aromatic heterocycles. The summed E-state index contributed by atoms with van der Waals surface area (Å²) in [7, 11) is 1.51. The number of pyridine rings is 1. The highest BCUT2D eigenvalue weighted by Gasteiger charge is 2.21. The van der Waals surface area contributed by atoms with Gasteiger partial charge in [0, 0.05) is 21.3 Å². The van der Waals surface area contributed by atoms with Crippen LogP contribution in [0.2, 0.25) is 0 Å². The highest BCUT2D eigenvalue weighted by molar-refractivity contribution is 7.15. The number of nitrogens with two attached hydrogens (primary N) is 1. The molecule has 0 saturated heterocycles. The van der Waals surface area contributed by atoms with Gasteiger partial charge in [0.25, 0.3) is 5.91 Å². The third-order valence-corrected chi connectivity index (χ3v) is 7.25. The highest BCUT2D eigenvalue weighted by Crippen LogP contribution is 2.32. The quantitative estimate of drug-likeness (QED) is 0.241. The van der Waals surface area contributed by atoms with E-state index < -0.39 is 0 Å². The number of rotatable bonds is 8. The molecule has 0 bridgehead atoms. The van der Waals surface area contributed by atoms with E-state index in [1.807, 2.05) is 37.3 Å². The van der Waals surface area contributed by atoms with Gasteiger partial charge in [0.2, 0.25) is 0 Å². The van der Waals surface area contributed by atoms with E-state index in [4.69, 9.17) is 10.5 Å². The fourth-order valence-corrected chi connectivity index (χ4v) is 5.04. The fraction of sp³-hybridized carbons (Fsp3) is 0.143. The van der Waals surface area contributed by atoms with Crippen molar-refractivity contribution in [2.24, 2.45) is 0 Å². The lowest BCUT2D eigenvalue weighted by atomic mass is 10.1. The summed E-state index contributed by atoms with van der Waals surface area (Å²) in [5.41, 5.74) is 8.92. The lowest BCUT2D eigenvalue weighted by Crippen LogP contribution is -2.28. The van der Waals surface area contributed by atoms with Crippen molar-refractivity contribution in [1.29, 1.82) is 0 Å². The lowest BCUT2D eigenvalue weighted by molar-refractivity contribution is 0.0937. The minimum Gasteiger partial charge on any atom is -0.496 e. The molecule has 1 amide bonds. The van der Waals surface area contributed by atoms with Gasteiger partial charge in [0.05, 0.1) is 25.2 Å². The molecular weight excluding hydrogens is 503 g/mol. The summed E-state index contributed by atoms with van der Waals surface area (Å²) in [5.74, 6) is 0.562. The fourth-order valence-electron chi connectivity index (χ4n) is 4.10. The summed E-state index contributed by atoms with van der Waals surface area (Å²) in [6.07, 6.45) is 3.04. The smallest absolute Gasteiger partial charge is 0.259 e. The van der Waals surface area contributed by atoms with Gasteiger partial charge in [-0.05, 0) is 60.5 Å². The van der Waals surface area contributed by atoms with E-state index in [2.05, 4.69) is 25.6 Å². The van der Waals surface area contributed by atoms with Gasteiger partial charge in [-0.1, -0.05) is 18.2 Å². The number of nitrogen functional groups attached to an aromatic ring is 1. The van der Waals surface area contributed by atoms with E-state index in [1.54, 1.807) is 35.7 Å². The molecule has 5 rings (SSSR count). The predicted octanol–water partition coefficient (Wildman–Crippen LogP) is 5.59. The first-order valence-corrected chi connectivity index (χ1v) is 12.7. The number of anilines is 2. The van der Waals surface area contributed by atoms with Crippen molar-refractivity contribution < 1.29 is 13.9 Å². The molecule has 10 heteroatoms. The molecule has 1 atom stereocenters. The Morgan fingerprint density at radius 3 is 2.68 bits per heavy atom. The molecule has 0 aliphatic carbocycles. The number of nitrogens with one attached hydrogen (secondary N) is 2. The highest BCUT2D eigenvalue weighted by atomic mass is 32.1. The van der Waals surface area contributed by atoms with Gasteiger partial charge in [0.1, 0.15) is 35.1 Å². The Morgan fingerprint density at radius 1 is 1.08 bits per heavy atom. The molecule has 38 heavy (non-hydrogen) atoms. The monoisotopic (exact) mass is 528 g/mol. The topological polar surface area (TPSA) is 115 Å². The van der Waals surface area contributed by atoms with Crippen LogP contribution in [0.1, 0.15) is 33.8 Å². The number of amides is 1. The third kappa shape index (κ3) is 5.25. The first-order chi connectivity index (χ1) is 18.4. The Balaban J connectivity index is 1.33. The number of thiophene rings is 1. The summed E-state index contributed by atoms with van der Waals surface area (Å²) < 4.78 is 18.8. The number of hydrogen-bond acceptors (Lipinski definition) is 8. The van der Waals surface area contributed by atoms with Crippen molar-refractivity contribution in [1.82, 2.24) is 20.3 Å². The summed E-state index contributed by atoms with van der Waals surface area (Å²) in [6, 6.07) is 17.3. The van der Waals surface area contributed by atoms with Gasteiger partial charge in [-0.25, -0.2) is 19.3 Å². The van der Waals surface area contributed by atoms with E-state index in [1.165, 1.54) is 25.6 Å². The van der Waals surface area contributed by atoms with Crippen LogP contribution in [0.25, 0.3) is 21.3 Å². The van der Waals surface area contributed by atoms with Crippen LogP contribution < -0.4 is 21.1 Å². The number of aromatic nitrogens is 3. The van der Waals surface area contributed by atoms with Gasteiger partial charge in [-0.15, -0.1) is 11.3 Å². The van der Waals surface area contributed by atoms with Crippen molar-refractivity contribution in [3.05, 3.63) is 95.0 Å². The van der Waals surface area contributed by atoms with Gasteiger partial charge < -0.3 is 21.1 Å². The van der Waals surface area contributed by atoms with Crippen LogP contribution in [0.5, 0.6) is 5.75 Å². The number of benzene rings is 2. The lowest BCUT2D eigenvalue weighted by Gasteiger charge is -2.18.